The molecular weight excluding hydrogens is 377 g/mol. The summed E-state index contributed by atoms with van der Waals surface area (Å²) < 4.78 is 18.4. The predicted molar refractivity (Wildman–Crippen MR) is 101 cm³/mol. The Morgan fingerprint density at radius 2 is 1.96 bits per heavy atom. The maximum absolute atomic E-state index is 13.1. The van der Waals surface area contributed by atoms with Crippen LogP contribution in [-0.4, -0.2) is 22.5 Å². The minimum Gasteiger partial charge on any atom is -0.478 e. The molecule has 0 fully saturated rings. The average molecular weight is 392 g/mol. The van der Waals surface area contributed by atoms with Gasteiger partial charge in [0.05, 0.1) is 17.3 Å². The second-order valence-electron chi connectivity index (χ2n) is 5.30. The molecule has 0 aliphatic heterocycles. The minimum absolute atomic E-state index is 0.0637. The van der Waals surface area contributed by atoms with Crippen molar-refractivity contribution in [2.24, 2.45) is 0 Å². The molecule has 0 saturated heterocycles. The van der Waals surface area contributed by atoms with Crippen molar-refractivity contribution >= 4 is 34.0 Å². The summed E-state index contributed by atoms with van der Waals surface area (Å²) in [6.07, 6.45) is 0. The van der Waals surface area contributed by atoms with Gasteiger partial charge in [0.15, 0.2) is 10.8 Å². The highest BCUT2D eigenvalue weighted by Crippen LogP contribution is 2.31. The highest BCUT2D eigenvalue weighted by atomic mass is 35.5. The van der Waals surface area contributed by atoms with Crippen LogP contribution >= 0.6 is 22.9 Å². The van der Waals surface area contributed by atoms with Crippen molar-refractivity contribution < 1.29 is 13.9 Å². The molecule has 0 unspecified atom stereocenters. The number of carbonyl (C=O) groups is 1. The number of aryl methyl sites for hydroxylation is 1. The number of nitrogens with zero attached hydrogens (tertiary/aromatic N) is 2. The lowest BCUT2D eigenvalue weighted by Gasteiger charge is -2.06. The number of pyridine rings is 1. The van der Waals surface area contributed by atoms with Gasteiger partial charge in [-0.3, -0.25) is 10.1 Å². The van der Waals surface area contributed by atoms with E-state index in [1.165, 1.54) is 23.5 Å². The molecule has 134 valence electrons. The van der Waals surface area contributed by atoms with Gasteiger partial charge in [0.25, 0.3) is 5.91 Å². The molecule has 3 rings (SSSR count). The van der Waals surface area contributed by atoms with Crippen LogP contribution in [0.1, 0.15) is 22.3 Å². The molecule has 26 heavy (non-hydrogen) atoms. The Kier molecular flexibility index (Phi) is 5.49. The number of amides is 1. The van der Waals surface area contributed by atoms with E-state index in [0.29, 0.717) is 23.3 Å². The smallest absolute Gasteiger partial charge is 0.277 e. The van der Waals surface area contributed by atoms with E-state index in [1.54, 1.807) is 24.3 Å². The number of halogens is 2. The van der Waals surface area contributed by atoms with Gasteiger partial charge in [-0.25, -0.2) is 14.4 Å². The topological polar surface area (TPSA) is 64.1 Å². The first-order valence-electron chi connectivity index (χ1n) is 7.82. The second kappa shape index (κ2) is 7.80. The van der Waals surface area contributed by atoms with E-state index in [0.717, 1.165) is 10.4 Å². The van der Waals surface area contributed by atoms with E-state index in [1.807, 2.05) is 13.8 Å². The molecule has 1 aromatic carbocycles. The number of aromatic nitrogens is 2. The molecule has 0 aliphatic carbocycles. The third kappa shape index (κ3) is 4.00. The number of benzene rings is 1. The van der Waals surface area contributed by atoms with E-state index in [4.69, 9.17) is 16.3 Å². The van der Waals surface area contributed by atoms with E-state index in [2.05, 4.69) is 15.3 Å². The molecule has 0 bridgehead atoms. The first-order chi connectivity index (χ1) is 12.5. The van der Waals surface area contributed by atoms with Crippen LogP contribution in [0.2, 0.25) is 5.02 Å². The van der Waals surface area contributed by atoms with E-state index >= 15 is 0 Å². The first kappa shape index (κ1) is 18.3. The number of carbonyl (C=O) groups excluding carboxylic acids is 1. The lowest BCUT2D eigenvalue weighted by molar-refractivity contribution is 0.102. The van der Waals surface area contributed by atoms with Crippen LogP contribution in [0.15, 0.2) is 36.4 Å². The van der Waals surface area contributed by atoms with Crippen molar-refractivity contribution in [1.29, 1.82) is 0 Å². The third-order valence-corrected chi connectivity index (χ3v) is 4.65. The molecule has 0 atom stereocenters. The third-order valence-electron chi connectivity index (χ3n) is 3.46. The van der Waals surface area contributed by atoms with Gasteiger partial charge in [0, 0.05) is 16.5 Å². The molecule has 1 amide bonds. The van der Waals surface area contributed by atoms with Crippen LogP contribution in [0.3, 0.4) is 0 Å². The van der Waals surface area contributed by atoms with Crippen LogP contribution < -0.4 is 10.1 Å². The van der Waals surface area contributed by atoms with Crippen molar-refractivity contribution in [2.45, 2.75) is 13.8 Å². The van der Waals surface area contributed by atoms with E-state index in [9.17, 15) is 9.18 Å². The summed E-state index contributed by atoms with van der Waals surface area (Å²) in [6, 6.07) is 9.19. The summed E-state index contributed by atoms with van der Waals surface area (Å²) in [7, 11) is 0. The fourth-order valence-corrected chi connectivity index (χ4v) is 3.32. The van der Waals surface area contributed by atoms with E-state index in [-0.39, 0.29) is 16.5 Å². The molecule has 0 radical (unpaired) electrons. The summed E-state index contributed by atoms with van der Waals surface area (Å²) in [4.78, 5) is 21.9. The molecule has 3 aromatic rings. The zero-order valence-corrected chi connectivity index (χ0v) is 15.6. The average Bonchev–Trinajstić information content (AvgIpc) is 2.97. The lowest BCUT2D eigenvalue weighted by Crippen LogP contribution is -2.14. The zero-order valence-electron chi connectivity index (χ0n) is 14.0. The fourth-order valence-electron chi connectivity index (χ4n) is 2.29. The van der Waals surface area contributed by atoms with Crippen molar-refractivity contribution in [3.63, 3.8) is 0 Å². The highest BCUT2D eigenvalue weighted by molar-refractivity contribution is 7.16. The van der Waals surface area contributed by atoms with Crippen LogP contribution in [0.25, 0.3) is 11.3 Å². The van der Waals surface area contributed by atoms with Crippen LogP contribution in [0.5, 0.6) is 5.88 Å². The SMILES string of the molecule is CCOc1ccc(Cl)c(C(=O)Nc2nc(-c3ccc(F)cc3)c(C)s2)n1. The highest BCUT2D eigenvalue weighted by Gasteiger charge is 2.17. The van der Waals surface area contributed by atoms with Crippen LogP contribution in [-0.2, 0) is 0 Å². The molecule has 8 heteroatoms. The van der Waals surface area contributed by atoms with Gasteiger partial charge in [0.1, 0.15) is 5.82 Å². The molecule has 2 aromatic heterocycles. The zero-order chi connectivity index (χ0) is 18.7. The second-order valence-corrected chi connectivity index (χ2v) is 6.91. The van der Waals surface area contributed by atoms with Gasteiger partial charge in [-0.2, -0.15) is 0 Å². The summed E-state index contributed by atoms with van der Waals surface area (Å²) in [5.74, 6) is -0.467. The summed E-state index contributed by atoms with van der Waals surface area (Å²) in [6.45, 7) is 4.14. The fraction of sp³-hybridized carbons (Fsp3) is 0.167. The Morgan fingerprint density at radius 3 is 2.65 bits per heavy atom. The number of hydrogen-bond acceptors (Lipinski definition) is 5. The molecule has 0 saturated carbocycles. The van der Waals surface area contributed by atoms with Gasteiger partial charge in [-0.1, -0.05) is 11.6 Å². The van der Waals surface area contributed by atoms with Crippen molar-refractivity contribution in [3.8, 4) is 17.1 Å². The predicted octanol–water partition coefficient (Wildman–Crippen LogP) is 4.96. The number of rotatable bonds is 5. The molecule has 0 aliphatic rings. The monoisotopic (exact) mass is 391 g/mol. The van der Waals surface area contributed by atoms with E-state index < -0.39 is 5.91 Å². The molecule has 0 spiro atoms. The molecular formula is C18H15ClFN3O2S. The Bertz CT molecular complexity index is 944. The minimum atomic E-state index is -0.476. The first-order valence-corrected chi connectivity index (χ1v) is 9.01. The maximum Gasteiger partial charge on any atom is 0.277 e. The lowest BCUT2D eigenvalue weighted by atomic mass is 10.1. The Hall–Kier alpha value is -2.51. The number of nitrogens with one attached hydrogen (secondary N) is 1. The standard InChI is InChI=1S/C18H15ClFN3O2S/c1-3-25-14-9-8-13(19)16(21-14)17(24)23-18-22-15(10(2)26-18)11-4-6-12(20)7-5-11/h4-9H,3H2,1-2H3,(H,22,23,24). The maximum atomic E-state index is 13.1. The quantitative estimate of drug-likeness (QED) is 0.667. The van der Waals surface area contributed by atoms with Gasteiger partial charge in [0.2, 0.25) is 5.88 Å². The molecule has 1 N–H and O–H groups in total. The number of hydrogen-bond donors (Lipinski definition) is 1. The Morgan fingerprint density at radius 1 is 1.23 bits per heavy atom. The summed E-state index contributed by atoms with van der Waals surface area (Å²) >= 11 is 7.39. The van der Waals surface area contributed by atoms with Gasteiger partial charge >= 0.3 is 0 Å². The largest absolute Gasteiger partial charge is 0.478 e. The van der Waals surface area contributed by atoms with Crippen molar-refractivity contribution in [1.82, 2.24) is 9.97 Å². The normalized spacial score (nSPS) is 10.6. The summed E-state index contributed by atoms with van der Waals surface area (Å²) in [5.41, 5.74) is 1.52. The van der Waals surface area contributed by atoms with Crippen molar-refractivity contribution in [2.75, 3.05) is 11.9 Å². The number of anilines is 1. The molecule has 2 heterocycles. The Labute approximate surface area is 158 Å². The number of ether oxygens (including phenoxy) is 1. The Balaban J connectivity index is 1.83. The van der Waals surface area contributed by atoms with Gasteiger partial charge in [-0.05, 0) is 44.2 Å². The number of thiazole rings is 1. The van der Waals surface area contributed by atoms with Gasteiger partial charge in [-0.15, -0.1) is 11.3 Å². The molecule has 5 nitrogen and oxygen atoms in total. The van der Waals surface area contributed by atoms with Gasteiger partial charge < -0.3 is 4.74 Å². The van der Waals surface area contributed by atoms with Crippen molar-refractivity contribution in [3.05, 3.63) is 57.8 Å². The summed E-state index contributed by atoms with van der Waals surface area (Å²) in [5, 5.41) is 3.33. The van der Waals surface area contributed by atoms with Crippen LogP contribution in [0.4, 0.5) is 9.52 Å². The van der Waals surface area contributed by atoms with Crippen LogP contribution in [0, 0.1) is 12.7 Å².